The zero-order chi connectivity index (χ0) is 18.5. The molecule has 2 aliphatic heterocycles. The first-order chi connectivity index (χ1) is 13.3. The van der Waals surface area contributed by atoms with E-state index in [2.05, 4.69) is 27.3 Å². The zero-order valence-electron chi connectivity index (χ0n) is 15.5. The van der Waals surface area contributed by atoms with Gasteiger partial charge in [-0.15, -0.1) is 0 Å². The van der Waals surface area contributed by atoms with Crippen LogP contribution in [-0.4, -0.2) is 61.2 Å². The van der Waals surface area contributed by atoms with Gasteiger partial charge in [0.2, 0.25) is 0 Å². The van der Waals surface area contributed by atoms with Crippen LogP contribution in [0.3, 0.4) is 0 Å². The summed E-state index contributed by atoms with van der Waals surface area (Å²) in [5.41, 5.74) is 2.64. The van der Waals surface area contributed by atoms with E-state index in [1.165, 1.54) is 5.69 Å². The van der Waals surface area contributed by atoms with Crippen molar-refractivity contribution in [2.45, 2.75) is 18.9 Å². The van der Waals surface area contributed by atoms with E-state index in [-0.39, 0.29) is 12.0 Å². The molecule has 0 aliphatic carbocycles. The first-order valence-electron chi connectivity index (χ1n) is 9.70. The highest BCUT2D eigenvalue weighted by Crippen LogP contribution is 2.17. The van der Waals surface area contributed by atoms with Crippen molar-refractivity contribution in [1.82, 2.24) is 9.88 Å². The molecule has 0 radical (unpaired) electrons. The van der Waals surface area contributed by atoms with Gasteiger partial charge < -0.3 is 19.9 Å². The molecule has 2 aliphatic rings. The van der Waals surface area contributed by atoms with Crippen LogP contribution in [0.4, 0.5) is 11.4 Å². The molecule has 1 aromatic carbocycles. The number of nitrogens with zero attached hydrogens (tertiary/aromatic N) is 3. The van der Waals surface area contributed by atoms with Crippen LogP contribution in [0.25, 0.3) is 0 Å². The molecule has 1 amide bonds. The summed E-state index contributed by atoms with van der Waals surface area (Å²) in [6, 6.07) is 14.1. The van der Waals surface area contributed by atoms with Crippen LogP contribution >= 0.6 is 0 Å². The van der Waals surface area contributed by atoms with Crippen molar-refractivity contribution in [2.24, 2.45) is 0 Å². The van der Waals surface area contributed by atoms with Gasteiger partial charge in [0, 0.05) is 45.0 Å². The molecule has 2 aromatic rings. The Kier molecular flexibility index (Phi) is 5.53. The monoisotopic (exact) mass is 366 g/mol. The number of carbonyl (C=O) groups excluding carboxylic acids is 1. The maximum absolute atomic E-state index is 12.7. The van der Waals surface area contributed by atoms with Crippen molar-refractivity contribution in [3.05, 3.63) is 54.4 Å². The number of hydrogen-bond acceptors (Lipinski definition) is 5. The summed E-state index contributed by atoms with van der Waals surface area (Å²) in [5, 5.41) is 3.34. The lowest BCUT2D eigenvalue weighted by molar-refractivity contribution is 0.0741. The fourth-order valence-electron chi connectivity index (χ4n) is 3.63. The molecule has 2 fully saturated rings. The number of ether oxygens (including phenoxy) is 1. The third-order valence-electron chi connectivity index (χ3n) is 5.23. The Hall–Kier alpha value is -2.60. The minimum atomic E-state index is 0.00777. The summed E-state index contributed by atoms with van der Waals surface area (Å²) in [6.45, 7) is 4.77. The highest BCUT2D eigenvalue weighted by Gasteiger charge is 2.23. The lowest BCUT2D eigenvalue weighted by Gasteiger charge is -2.36. The number of amides is 1. The average Bonchev–Trinajstić information content (AvgIpc) is 3.27. The van der Waals surface area contributed by atoms with E-state index in [1.54, 1.807) is 6.20 Å². The third kappa shape index (κ3) is 4.39. The van der Waals surface area contributed by atoms with Crippen LogP contribution in [0.5, 0.6) is 0 Å². The fraction of sp³-hybridized carbons (Fsp3) is 0.429. The van der Waals surface area contributed by atoms with Gasteiger partial charge in [-0.25, -0.2) is 4.98 Å². The minimum absolute atomic E-state index is 0.00777. The standard InChI is InChI=1S/C21H26N4O2/c26-21(25-12-10-24(11-13-25)18-5-2-1-3-6-18)20-9-8-17(15-23-20)22-16-19-7-4-14-27-19/h1-3,5-6,8-9,15,19,22H,4,7,10-14,16H2. The number of hydrogen-bond donors (Lipinski definition) is 1. The maximum Gasteiger partial charge on any atom is 0.272 e. The Labute approximate surface area is 160 Å². The largest absolute Gasteiger partial charge is 0.381 e. The molecular formula is C21H26N4O2. The number of pyridine rings is 1. The van der Waals surface area contributed by atoms with Crippen LogP contribution in [0.2, 0.25) is 0 Å². The van der Waals surface area contributed by atoms with Crippen molar-refractivity contribution in [2.75, 3.05) is 49.5 Å². The number of benzene rings is 1. The van der Waals surface area contributed by atoms with Crippen molar-refractivity contribution < 1.29 is 9.53 Å². The second kappa shape index (κ2) is 8.39. The number of anilines is 2. The molecule has 3 heterocycles. The van der Waals surface area contributed by atoms with E-state index in [4.69, 9.17) is 4.74 Å². The quantitative estimate of drug-likeness (QED) is 0.882. The van der Waals surface area contributed by atoms with E-state index >= 15 is 0 Å². The first-order valence-corrected chi connectivity index (χ1v) is 9.70. The van der Waals surface area contributed by atoms with Gasteiger partial charge >= 0.3 is 0 Å². The normalized spacial score (nSPS) is 19.9. The predicted octanol–water partition coefficient (Wildman–Crippen LogP) is 2.63. The number of aromatic nitrogens is 1. The van der Waals surface area contributed by atoms with Crippen molar-refractivity contribution >= 4 is 17.3 Å². The van der Waals surface area contributed by atoms with Gasteiger partial charge in [0.25, 0.3) is 5.91 Å². The Morgan fingerprint density at radius 1 is 1.11 bits per heavy atom. The van der Waals surface area contributed by atoms with Gasteiger partial charge in [-0.1, -0.05) is 18.2 Å². The molecule has 4 rings (SSSR count). The van der Waals surface area contributed by atoms with Gasteiger partial charge in [-0.3, -0.25) is 4.79 Å². The van der Waals surface area contributed by atoms with Crippen LogP contribution in [0, 0.1) is 0 Å². The maximum atomic E-state index is 12.7. The summed E-state index contributed by atoms with van der Waals surface area (Å²) in [4.78, 5) is 21.3. The molecule has 6 heteroatoms. The average molecular weight is 366 g/mol. The molecule has 1 unspecified atom stereocenters. The van der Waals surface area contributed by atoms with Gasteiger partial charge in [-0.2, -0.15) is 0 Å². The lowest BCUT2D eigenvalue weighted by Crippen LogP contribution is -2.49. The van der Waals surface area contributed by atoms with E-state index < -0.39 is 0 Å². The second-order valence-corrected chi connectivity index (χ2v) is 7.06. The van der Waals surface area contributed by atoms with E-state index in [0.29, 0.717) is 18.8 Å². The van der Waals surface area contributed by atoms with Crippen molar-refractivity contribution in [3.63, 3.8) is 0 Å². The Balaban J connectivity index is 1.29. The van der Waals surface area contributed by atoms with Crippen molar-refractivity contribution in [3.8, 4) is 0 Å². The predicted molar refractivity (Wildman–Crippen MR) is 106 cm³/mol. The molecule has 0 bridgehead atoms. The molecule has 1 aromatic heterocycles. The highest BCUT2D eigenvalue weighted by molar-refractivity contribution is 5.92. The molecule has 2 saturated heterocycles. The number of nitrogens with one attached hydrogen (secondary N) is 1. The molecule has 1 atom stereocenters. The van der Waals surface area contributed by atoms with Crippen LogP contribution in [0.1, 0.15) is 23.3 Å². The highest BCUT2D eigenvalue weighted by atomic mass is 16.5. The minimum Gasteiger partial charge on any atom is -0.381 e. The lowest BCUT2D eigenvalue weighted by atomic mass is 10.2. The summed E-state index contributed by atoms with van der Waals surface area (Å²) in [6.07, 6.45) is 4.26. The second-order valence-electron chi connectivity index (χ2n) is 7.06. The third-order valence-corrected chi connectivity index (χ3v) is 5.23. The number of para-hydroxylation sites is 1. The van der Waals surface area contributed by atoms with E-state index in [9.17, 15) is 4.79 Å². The summed E-state index contributed by atoms with van der Waals surface area (Å²) in [7, 11) is 0. The number of carbonyl (C=O) groups is 1. The Morgan fingerprint density at radius 3 is 2.59 bits per heavy atom. The Morgan fingerprint density at radius 2 is 1.93 bits per heavy atom. The van der Waals surface area contributed by atoms with Crippen LogP contribution < -0.4 is 10.2 Å². The van der Waals surface area contributed by atoms with Gasteiger partial charge in [-0.05, 0) is 37.1 Å². The zero-order valence-corrected chi connectivity index (χ0v) is 15.5. The summed E-state index contributed by atoms with van der Waals surface area (Å²) < 4.78 is 5.61. The topological polar surface area (TPSA) is 57.7 Å². The molecule has 27 heavy (non-hydrogen) atoms. The van der Waals surface area contributed by atoms with Gasteiger partial charge in [0.15, 0.2) is 0 Å². The fourth-order valence-corrected chi connectivity index (χ4v) is 3.63. The van der Waals surface area contributed by atoms with Gasteiger partial charge in [0.1, 0.15) is 5.69 Å². The first kappa shape index (κ1) is 17.8. The van der Waals surface area contributed by atoms with E-state index in [0.717, 1.165) is 44.8 Å². The van der Waals surface area contributed by atoms with E-state index in [1.807, 2.05) is 35.2 Å². The molecule has 0 spiro atoms. The molecule has 1 N–H and O–H groups in total. The molecular weight excluding hydrogens is 340 g/mol. The molecule has 142 valence electrons. The van der Waals surface area contributed by atoms with Gasteiger partial charge in [0.05, 0.1) is 18.0 Å². The SMILES string of the molecule is O=C(c1ccc(NCC2CCCO2)cn1)N1CCN(c2ccccc2)CC1. The van der Waals surface area contributed by atoms with Crippen LogP contribution in [-0.2, 0) is 4.74 Å². The summed E-state index contributed by atoms with van der Waals surface area (Å²) in [5.74, 6) is 0.00777. The summed E-state index contributed by atoms with van der Waals surface area (Å²) >= 11 is 0. The van der Waals surface area contributed by atoms with Crippen molar-refractivity contribution in [1.29, 1.82) is 0 Å². The van der Waals surface area contributed by atoms with Crippen LogP contribution in [0.15, 0.2) is 48.7 Å². The molecule has 6 nitrogen and oxygen atoms in total. The number of piperazine rings is 1. The smallest absolute Gasteiger partial charge is 0.272 e. The molecule has 0 saturated carbocycles. The Bertz CT molecular complexity index is 737. The number of rotatable bonds is 5.